The molecule has 3 aromatic rings. The van der Waals surface area contributed by atoms with E-state index in [1.54, 1.807) is 18.3 Å². The molecule has 2 heterocycles. The first kappa shape index (κ1) is 23.2. The van der Waals surface area contributed by atoms with Crippen molar-refractivity contribution < 1.29 is 31.5 Å². The number of hydrogen-bond acceptors (Lipinski definition) is 7. The number of aryl methyl sites for hydroxylation is 1. The zero-order valence-corrected chi connectivity index (χ0v) is 19.5. The molecule has 0 radical (unpaired) electrons. The zero-order chi connectivity index (χ0) is 24.0. The Balaban J connectivity index is 1.76. The van der Waals surface area contributed by atoms with Crippen LogP contribution in [0.15, 0.2) is 58.6 Å². The number of aromatic carboxylic acids is 1. The fraction of sp³-hybridized carbons (Fsp3) is 0.143. The van der Waals surface area contributed by atoms with Crippen LogP contribution in [0.25, 0.3) is 0 Å². The largest absolute Gasteiger partial charge is 0.478 e. The van der Waals surface area contributed by atoms with Gasteiger partial charge in [-0.25, -0.2) is 26.4 Å². The lowest BCUT2D eigenvalue weighted by Crippen LogP contribution is -2.23. The highest BCUT2D eigenvalue weighted by Gasteiger charge is 2.32. The molecule has 0 bridgehead atoms. The molecule has 0 saturated heterocycles. The van der Waals surface area contributed by atoms with Gasteiger partial charge in [-0.2, -0.15) is 0 Å². The summed E-state index contributed by atoms with van der Waals surface area (Å²) in [5.74, 6) is -1.96. The Hall–Kier alpha value is -2.99. The Labute approximate surface area is 195 Å². The minimum absolute atomic E-state index is 0.00336. The number of hydrogen-bond donors (Lipinski definition) is 2. The van der Waals surface area contributed by atoms with Crippen molar-refractivity contribution in [2.24, 2.45) is 0 Å². The molecule has 0 aliphatic carbocycles. The number of nitrogens with zero attached hydrogens (tertiary/aromatic N) is 1. The molecular formula is C21H17ClN2O7S2. The molecule has 1 aliphatic heterocycles. The molecule has 2 aromatic carbocycles. The van der Waals surface area contributed by atoms with E-state index in [2.05, 4.69) is 9.71 Å². The van der Waals surface area contributed by atoms with Gasteiger partial charge in [-0.3, -0.25) is 4.98 Å². The molecule has 2 N–H and O–H groups in total. The molecule has 12 heteroatoms. The normalized spacial score (nSPS) is 14.5. The Kier molecular flexibility index (Phi) is 5.91. The highest BCUT2D eigenvalue weighted by Crippen LogP contribution is 2.44. The highest BCUT2D eigenvalue weighted by atomic mass is 35.5. The Bertz CT molecular complexity index is 1490. The summed E-state index contributed by atoms with van der Waals surface area (Å²) in [7, 11) is -8.12. The number of aromatic nitrogens is 1. The summed E-state index contributed by atoms with van der Waals surface area (Å²) in [5.41, 5.74) is 0.746. The average molecular weight is 509 g/mol. The second-order valence-electron chi connectivity index (χ2n) is 7.37. The van der Waals surface area contributed by atoms with Crippen LogP contribution in [0, 0.1) is 6.92 Å². The third-order valence-electron chi connectivity index (χ3n) is 4.97. The van der Waals surface area contributed by atoms with Gasteiger partial charge in [0, 0.05) is 24.5 Å². The number of halogens is 1. The van der Waals surface area contributed by atoms with E-state index < -0.39 is 31.6 Å². The summed E-state index contributed by atoms with van der Waals surface area (Å²) in [6, 6.07) is 8.03. The second-order valence-corrected chi connectivity index (χ2v) is 11.5. The van der Waals surface area contributed by atoms with E-state index >= 15 is 0 Å². The third-order valence-corrected chi connectivity index (χ3v) is 8.29. The van der Waals surface area contributed by atoms with Crippen molar-refractivity contribution in [1.29, 1.82) is 0 Å². The molecule has 33 heavy (non-hydrogen) atoms. The summed E-state index contributed by atoms with van der Waals surface area (Å²) in [4.78, 5) is 14.8. The Morgan fingerprint density at radius 2 is 2.00 bits per heavy atom. The maximum Gasteiger partial charge on any atom is 0.335 e. The van der Waals surface area contributed by atoms with Crippen LogP contribution in [0.3, 0.4) is 0 Å². The van der Waals surface area contributed by atoms with Gasteiger partial charge >= 0.3 is 5.97 Å². The number of carboxylic acid groups (broad SMARTS) is 1. The average Bonchev–Trinajstić information content (AvgIpc) is 2.87. The lowest BCUT2D eigenvalue weighted by Gasteiger charge is -2.14. The summed E-state index contributed by atoms with van der Waals surface area (Å²) in [5, 5.41) is 9.20. The number of carboxylic acids is 1. The maximum atomic E-state index is 13.1. The van der Waals surface area contributed by atoms with E-state index in [4.69, 9.17) is 16.3 Å². The van der Waals surface area contributed by atoms with E-state index in [-0.39, 0.29) is 49.5 Å². The van der Waals surface area contributed by atoms with Crippen LogP contribution in [0.1, 0.15) is 27.0 Å². The number of sulfone groups is 1. The molecule has 172 valence electrons. The van der Waals surface area contributed by atoms with Crippen LogP contribution < -0.4 is 9.46 Å². The topological polar surface area (TPSA) is 140 Å². The minimum Gasteiger partial charge on any atom is -0.478 e. The first-order chi connectivity index (χ1) is 15.5. The Morgan fingerprint density at radius 1 is 1.24 bits per heavy atom. The molecule has 0 fully saturated rings. The van der Waals surface area contributed by atoms with E-state index in [0.717, 1.165) is 6.07 Å². The lowest BCUT2D eigenvalue weighted by atomic mass is 10.1. The van der Waals surface area contributed by atoms with E-state index in [9.17, 15) is 26.7 Å². The molecular weight excluding hydrogens is 492 g/mol. The quantitative estimate of drug-likeness (QED) is 0.535. The van der Waals surface area contributed by atoms with Crippen molar-refractivity contribution in [2.75, 3.05) is 0 Å². The van der Waals surface area contributed by atoms with Crippen LogP contribution >= 0.6 is 11.6 Å². The van der Waals surface area contributed by atoms with Gasteiger partial charge in [0.2, 0.25) is 10.0 Å². The molecule has 0 spiro atoms. The molecule has 9 nitrogen and oxygen atoms in total. The molecule has 0 saturated carbocycles. The fourth-order valence-electron chi connectivity index (χ4n) is 3.38. The number of rotatable bonds is 5. The molecule has 0 atom stereocenters. The zero-order valence-electron chi connectivity index (χ0n) is 17.1. The molecule has 0 amide bonds. The second kappa shape index (κ2) is 8.41. The SMILES string of the molecule is Cc1cc(C(=O)O)cc2c1Oc1c(Cl)cc(S(=O)(=O)NCc3cccnc3)cc1CS2(=O)=O. The van der Waals surface area contributed by atoms with Gasteiger partial charge in [0.15, 0.2) is 9.84 Å². The first-order valence-corrected chi connectivity index (χ1v) is 13.0. The maximum absolute atomic E-state index is 13.1. The van der Waals surface area contributed by atoms with Crippen molar-refractivity contribution in [1.82, 2.24) is 9.71 Å². The van der Waals surface area contributed by atoms with Gasteiger partial charge in [-0.1, -0.05) is 17.7 Å². The number of nitrogens with one attached hydrogen (secondary N) is 1. The highest BCUT2D eigenvalue weighted by molar-refractivity contribution is 7.91. The smallest absolute Gasteiger partial charge is 0.335 e. The summed E-state index contributed by atoms with van der Waals surface area (Å²) >= 11 is 6.32. The van der Waals surface area contributed by atoms with Crippen molar-refractivity contribution in [2.45, 2.75) is 29.0 Å². The summed E-state index contributed by atoms with van der Waals surface area (Å²) in [6.45, 7) is 1.49. The fourth-order valence-corrected chi connectivity index (χ4v) is 6.38. The minimum atomic E-state index is -4.08. The molecule has 0 unspecified atom stereocenters. The number of ether oxygens (including phenoxy) is 1. The predicted molar refractivity (Wildman–Crippen MR) is 119 cm³/mol. The van der Waals surface area contributed by atoms with Crippen LogP contribution in [0.2, 0.25) is 5.02 Å². The molecule has 4 rings (SSSR count). The number of pyridine rings is 1. The first-order valence-electron chi connectivity index (χ1n) is 9.47. The van der Waals surface area contributed by atoms with Crippen LogP contribution in [-0.2, 0) is 32.2 Å². The predicted octanol–water partition coefficient (Wildman–Crippen LogP) is 3.30. The van der Waals surface area contributed by atoms with Crippen LogP contribution in [0.5, 0.6) is 11.5 Å². The van der Waals surface area contributed by atoms with Crippen molar-refractivity contribution >= 4 is 37.4 Å². The van der Waals surface area contributed by atoms with Gasteiger partial charge in [0.25, 0.3) is 0 Å². The van der Waals surface area contributed by atoms with E-state index in [1.165, 1.54) is 31.3 Å². The van der Waals surface area contributed by atoms with Gasteiger partial charge in [0.1, 0.15) is 16.4 Å². The van der Waals surface area contributed by atoms with Crippen molar-refractivity contribution in [3.05, 3.63) is 76.1 Å². The Morgan fingerprint density at radius 3 is 2.67 bits per heavy atom. The number of fused-ring (bicyclic) bond motifs is 2. The van der Waals surface area contributed by atoms with Crippen molar-refractivity contribution in [3.63, 3.8) is 0 Å². The summed E-state index contributed by atoms with van der Waals surface area (Å²) in [6.07, 6.45) is 3.07. The van der Waals surface area contributed by atoms with Gasteiger partial charge in [-0.15, -0.1) is 0 Å². The van der Waals surface area contributed by atoms with Crippen LogP contribution in [0.4, 0.5) is 0 Å². The molecule has 1 aliphatic rings. The molecule has 1 aromatic heterocycles. The monoisotopic (exact) mass is 508 g/mol. The lowest BCUT2D eigenvalue weighted by molar-refractivity contribution is 0.0696. The third kappa shape index (κ3) is 4.58. The number of sulfonamides is 1. The summed E-state index contributed by atoms with van der Waals surface area (Å²) < 4.78 is 60.1. The van der Waals surface area contributed by atoms with E-state index in [1.807, 2.05) is 0 Å². The van der Waals surface area contributed by atoms with E-state index in [0.29, 0.717) is 5.56 Å². The van der Waals surface area contributed by atoms with Gasteiger partial charge in [-0.05, 0) is 48.4 Å². The van der Waals surface area contributed by atoms with Gasteiger partial charge < -0.3 is 9.84 Å². The van der Waals surface area contributed by atoms with Crippen LogP contribution in [-0.4, -0.2) is 32.9 Å². The number of benzene rings is 2. The standard InChI is InChI=1S/C21H17ClN2O7S2/c1-12-5-14(21(25)26)7-18-19(12)31-20-15(11-32(18,27)28)6-16(8-17(20)22)33(29,30)24-10-13-3-2-4-23-9-13/h2-9,24H,10-11H2,1H3,(H,25,26). The number of carbonyl (C=O) groups is 1. The van der Waals surface area contributed by atoms with Gasteiger partial charge in [0.05, 0.1) is 21.2 Å². The van der Waals surface area contributed by atoms with Crippen molar-refractivity contribution in [3.8, 4) is 11.5 Å².